The molecule has 2 saturated carbocycles. The summed E-state index contributed by atoms with van der Waals surface area (Å²) in [5, 5.41) is 13.1. The number of methoxy groups -OCH3 is 1. The molecular weight excluding hydrogens is 396 g/mol. The van der Waals surface area contributed by atoms with Gasteiger partial charge < -0.3 is 10.1 Å². The number of ether oxygens (including phenoxy) is 1. The summed E-state index contributed by atoms with van der Waals surface area (Å²) in [6, 6.07) is 8.71. The van der Waals surface area contributed by atoms with E-state index in [-0.39, 0.29) is 5.91 Å². The minimum absolute atomic E-state index is 0.101. The van der Waals surface area contributed by atoms with Gasteiger partial charge in [-0.15, -0.1) is 10.2 Å². The van der Waals surface area contributed by atoms with Crippen LogP contribution in [0.1, 0.15) is 64.3 Å². The summed E-state index contributed by atoms with van der Waals surface area (Å²) in [4.78, 5) is 12.5. The quantitative estimate of drug-likeness (QED) is 0.638. The number of nitrogens with one attached hydrogen (secondary N) is 1. The molecule has 6 nitrogen and oxygen atoms in total. The number of hydrogen-bond acceptors (Lipinski definition) is 5. The Kier molecular flexibility index (Phi) is 6.97. The number of benzene rings is 1. The highest BCUT2D eigenvalue weighted by Crippen LogP contribution is 2.39. The van der Waals surface area contributed by atoms with Crippen LogP contribution < -0.4 is 10.1 Å². The van der Waals surface area contributed by atoms with Crippen molar-refractivity contribution in [3.05, 3.63) is 24.3 Å². The average molecular weight is 429 g/mol. The maximum absolute atomic E-state index is 12.5. The molecule has 1 N–H and O–H groups in total. The normalized spacial score (nSPS) is 22.2. The summed E-state index contributed by atoms with van der Waals surface area (Å²) >= 11 is 1.51. The molecule has 2 aromatic rings. The molecule has 0 bridgehead atoms. The van der Waals surface area contributed by atoms with Crippen molar-refractivity contribution in [2.45, 2.75) is 75.5 Å². The van der Waals surface area contributed by atoms with Crippen molar-refractivity contribution in [3.63, 3.8) is 0 Å². The number of hydrogen-bond donors (Lipinski definition) is 1. The molecule has 162 valence electrons. The van der Waals surface area contributed by atoms with Crippen LogP contribution >= 0.6 is 11.8 Å². The van der Waals surface area contributed by atoms with Crippen LogP contribution in [0.2, 0.25) is 0 Å². The highest BCUT2D eigenvalue weighted by atomic mass is 32.2. The predicted octanol–water partition coefficient (Wildman–Crippen LogP) is 4.86. The number of nitrogens with zero attached hydrogens (tertiary/aromatic N) is 3. The first-order valence-electron chi connectivity index (χ1n) is 11.2. The fraction of sp³-hybridized carbons (Fsp3) is 0.609. The number of carbonyl (C=O) groups excluding carboxylic acids is 1. The molecule has 1 aromatic carbocycles. The molecule has 30 heavy (non-hydrogen) atoms. The van der Waals surface area contributed by atoms with Gasteiger partial charge in [0.25, 0.3) is 0 Å². The van der Waals surface area contributed by atoms with Gasteiger partial charge in [0, 0.05) is 17.6 Å². The minimum Gasteiger partial charge on any atom is -0.497 e. The molecule has 2 fully saturated rings. The molecule has 2 atom stereocenters. The second kappa shape index (κ2) is 9.86. The average Bonchev–Trinajstić information content (AvgIpc) is 3.42. The van der Waals surface area contributed by atoms with Crippen molar-refractivity contribution < 1.29 is 9.53 Å². The number of rotatable bonds is 7. The lowest BCUT2D eigenvalue weighted by molar-refractivity contribution is -0.119. The highest BCUT2D eigenvalue weighted by Gasteiger charge is 2.29. The van der Waals surface area contributed by atoms with Gasteiger partial charge in [0.1, 0.15) is 5.75 Å². The number of thioether (sulfide) groups is 1. The van der Waals surface area contributed by atoms with E-state index in [0.29, 0.717) is 23.8 Å². The zero-order chi connectivity index (χ0) is 20.9. The third kappa shape index (κ3) is 4.82. The molecule has 0 radical (unpaired) electrons. The summed E-state index contributed by atoms with van der Waals surface area (Å²) in [6.07, 6.45) is 9.50. The molecule has 2 aliphatic rings. The lowest BCUT2D eigenvalue weighted by Crippen LogP contribution is -2.34. The van der Waals surface area contributed by atoms with Crippen molar-refractivity contribution >= 4 is 17.7 Å². The van der Waals surface area contributed by atoms with Crippen LogP contribution in [-0.4, -0.2) is 39.6 Å². The van der Waals surface area contributed by atoms with Crippen LogP contribution in [0.15, 0.2) is 29.4 Å². The fourth-order valence-electron chi connectivity index (χ4n) is 4.76. The largest absolute Gasteiger partial charge is 0.497 e. The molecule has 0 aliphatic heterocycles. The number of aromatic nitrogens is 3. The molecule has 7 heteroatoms. The van der Waals surface area contributed by atoms with E-state index in [1.807, 2.05) is 24.3 Å². The number of amides is 1. The summed E-state index contributed by atoms with van der Waals surface area (Å²) in [5.41, 5.74) is 1.03. The minimum atomic E-state index is 0.101. The maximum atomic E-state index is 12.5. The Morgan fingerprint density at radius 3 is 2.50 bits per heavy atom. The van der Waals surface area contributed by atoms with Gasteiger partial charge in [-0.3, -0.25) is 9.36 Å². The summed E-state index contributed by atoms with van der Waals surface area (Å²) in [6.45, 7) is 2.32. The standard InChI is InChI=1S/C23H32N4O2S/c1-16-7-3-6-10-20(16)27-22(17-11-13-19(29-2)14-12-17)25-26-23(27)30-15-21(28)24-18-8-4-5-9-18/h11-14,16,18,20H,3-10,15H2,1-2H3,(H,24,28)/t16-,20-/m0/s1. The molecule has 1 aromatic heterocycles. The zero-order valence-corrected chi connectivity index (χ0v) is 18.8. The van der Waals surface area contributed by atoms with Crippen molar-refractivity contribution in [2.75, 3.05) is 12.9 Å². The van der Waals surface area contributed by atoms with Crippen LogP contribution in [0.4, 0.5) is 0 Å². The Balaban J connectivity index is 1.56. The highest BCUT2D eigenvalue weighted by molar-refractivity contribution is 7.99. The first kappa shape index (κ1) is 21.2. The van der Waals surface area contributed by atoms with Crippen LogP contribution in [-0.2, 0) is 4.79 Å². The molecule has 4 rings (SSSR count). The lowest BCUT2D eigenvalue weighted by atomic mass is 9.85. The van der Waals surface area contributed by atoms with E-state index >= 15 is 0 Å². The van der Waals surface area contributed by atoms with Gasteiger partial charge in [0.05, 0.1) is 12.9 Å². The third-order valence-electron chi connectivity index (χ3n) is 6.46. The van der Waals surface area contributed by atoms with Gasteiger partial charge in [-0.25, -0.2) is 0 Å². The molecule has 1 heterocycles. The van der Waals surface area contributed by atoms with Crippen molar-refractivity contribution in [1.82, 2.24) is 20.1 Å². The monoisotopic (exact) mass is 428 g/mol. The number of carbonyl (C=O) groups is 1. The Morgan fingerprint density at radius 1 is 1.10 bits per heavy atom. The topological polar surface area (TPSA) is 69.0 Å². The molecule has 1 amide bonds. The van der Waals surface area contributed by atoms with E-state index in [1.54, 1.807) is 7.11 Å². The molecule has 0 spiro atoms. The van der Waals surface area contributed by atoms with E-state index in [9.17, 15) is 4.79 Å². The van der Waals surface area contributed by atoms with E-state index in [4.69, 9.17) is 4.74 Å². The second-order valence-electron chi connectivity index (χ2n) is 8.57. The Morgan fingerprint density at radius 2 is 1.80 bits per heavy atom. The zero-order valence-electron chi connectivity index (χ0n) is 18.0. The Labute approximate surface area is 183 Å². The van der Waals surface area contributed by atoms with E-state index in [2.05, 4.69) is 27.0 Å². The first-order chi connectivity index (χ1) is 14.7. The van der Waals surface area contributed by atoms with Crippen molar-refractivity contribution in [2.24, 2.45) is 5.92 Å². The molecule has 2 aliphatic carbocycles. The summed E-state index contributed by atoms with van der Waals surface area (Å²) in [5.74, 6) is 2.77. The maximum Gasteiger partial charge on any atom is 0.230 e. The van der Waals surface area contributed by atoms with Gasteiger partial charge in [-0.2, -0.15) is 0 Å². The van der Waals surface area contributed by atoms with Gasteiger partial charge in [-0.05, 0) is 55.9 Å². The molecule has 0 unspecified atom stereocenters. The van der Waals surface area contributed by atoms with Gasteiger partial charge >= 0.3 is 0 Å². The third-order valence-corrected chi connectivity index (χ3v) is 7.41. The van der Waals surface area contributed by atoms with Gasteiger partial charge in [-0.1, -0.05) is 44.4 Å². The SMILES string of the molecule is COc1ccc(-c2nnc(SCC(=O)NC3CCCC3)n2[C@H]2CCCC[C@@H]2C)cc1. The van der Waals surface area contributed by atoms with Crippen molar-refractivity contribution in [3.8, 4) is 17.1 Å². The Hall–Kier alpha value is -2.02. The van der Waals surface area contributed by atoms with Crippen LogP contribution in [0, 0.1) is 5.92 Å². The van der Waals surface area contributed by atoms with E-state index < -0.39 is 0 Å². The van der Waals surface area contributed by atoms with Gasteiger partial charge in [0.15, 0.2) is 11.0 Å². The fourth-order valence-corrected chi connectivity index (χ4v) is 5.56. The second-order valence-corrected chi connectivity index (χ2v) is 9.51. The summed E-state index contributed by atoms with van der Waals surface area (Å²) in [7, 11) is 1.67. The van der Waals surface area contributed by atoms with E-state index in [0.717, 1.165) is 41.6 Å². The molecule has 0 saturated heterocycles. The van der Waals surface area contributed by atoms with E-state index in [1.165, 1.54) is 43.9 Å². The first-order valence-corrected chi connectivity index (χ1v) is 12.2. The van der Waals surface area contributed by atoms with Crippen LogP contribution in [0.3, 0.4) is 0 Å². The van der Waals surface area contributed by atoms with Crippen molar-refractivity contribution in [1.29, 1.82) is 0 Å². The summed E-state index contributed by atoms with van der Waals surface area (Å²) < 4.78 is 7.59. The smallest absolute Gasteiger partial charge is 0.230 e. The Bertz CT molecular complexity index is 845. The molecular formula is C23H32N4O2S. The predicted molar refractivity (Wildman–Crippen MR) is 120 cm³/mol. The van der Waals surface area contributed by atoms with Gasteiger partial charge in [0.2, 0.25) is 5.91 Å². The lowest BCUT2D eigenvalue weighted by Gasteiger charge is -2.31. The van der Waals surface area contributed by atoms with Crippen LogP contribution in [0.25, 0.3) is 11.4 Å². The van der Waals surface area contributed by atoms with Crippen LogP contribution in [0.5, 0.6) is 5.75 Å².